The van der Waals surface area contributed by atoms with Gasteiger partial charge in [0.05, 0.1) is 30.6 Å². The number of nitrogens with one attached hydrogen (secondary N) is 1. The van der Waals surface area contributed by atoms with E-state index in [2.05, 4.69) is 15.0 Å². The molecule has 0 aliphatic rings. The Hall–Kier alpha value is -3.25. The van der Waals surface area contributed by atoms with E-state index in [9.17, 15) is 9.67 Å². The number of aromatic amines is 1. The number of rotatable bonds is 9. The molecule has 170 valence electrons. The largest absolute Gasteiger partial charge is 0.494 e. The van der Waals surface area contributed by atoms with E-state index in [-0.39, 0.29) is 12.0 Å². The van der Waals surface area contributed by atoms with Gasteiger partial charge in [0.25, 0.3) is 0 Å². The molecule has 0 aliphatic heterocycles. The number of aliphatic imine (C=N–C) groups is 1. The van der Waals surface area contributed by atoms with Crippen molar-refractivity contribution >= 4 is 30.5 Å². The molecule has 0 radical (unpaired) electrons. The van der Waals surface area contributed by atoms with Crippen molar-refractivity contribution in [3.05, 3.63) is 78.0 Å². The SMILES string of the molecule is CCOP(=O)(Cc1ccc(N=Cc2c(O)[nH]c3ncc(-c4ccccc4)cc23)cc1)OCC. The second kappa shape index (κ2) is 10.1. The molecule has 0 amide bonds. The fourth-order valence-electron chi connectivity index (χ4n) is 3.57. The molecule has 0 unspecified atom stereocenters. The molecule has 2 heterocycles. The zero-order valence-corrected chi connectivity index (χ0v) is 19.5. The maximum atomic E-state index is 12.7. The predicted molar refractivity (Wildman–Crippen MR) is 131 cm³/mol. The minimum atomic E-state index is -3.16. The molecule has 0 aliphatic carbocycles. The summed E-state index contributed by atoms with van der Waals surface area (Å²) in [6, 6.07) is 19.3. The van der Waals surface area contributed by atoms with E-state index in [1.165, 1.54) is 0 Å². The second-order valence-electron chi connectivity index (χ2n) is 7.40. The van der Waals surface area contributed by atoms with Crippen molar-refractivity contribution in [2.45, 2.75) is 20.0 Å². The van der Waals surface area contributed by atoms with Crippen molar-refractivity contribution in [1.82, 2.24) is 9.97 Å². The average Bonchev–Trinajstić information content (AvgIpc) is 3.13. The number of aromatic hydroxyl groups is 1. The van der Waals surface area contributed by atoms with Gasteiger partial charge in [-0.25, -0.2) is 4.98 Å². The van der Waals surface area contributed by atoms with Crippen molar-refractivity contribution in [3.8, 4) is 17.0 Å². The summed E-state index contributed by atoms with van der Waals surface area (Å²) in [5.74, 6) is 0.0115. The van der Waals surface area contributed by atoms with Crippen LogP contribution in [0.5, 0.6) is 5.88 Å². The summed E-state index contributed by atoms with van der Waals surface area (Å²) in [6.45, 7) is 4.24. The molecule has 0 bridgehead atoms. The minimum Gasteiger partial charge on any atom is -0.494 e. The van der Waals surface area contributed by atoms with Crippen LogP contribution in [0, 0.1) is 0 Å². The first-order chi connectivity index (χ1) is 16.0. The monoisotopic (exact) mass is 463 g/mol. The number of hydrogen-bond acceptors (Lipinski definition) is 6. The zero-order chi connectivity index (χ0) is 23.3. The van der Waals surface area contributed by atoms with Crippen LogP contribution < -0.4 is 0 Å². The highest BCUT2D eigenvalue weighted by atomic mass is 31.2. The van der Waals surface area contributed by atoms with Crippen LogP contribution in [0.4, 0.5) is 5.69 Å². The van der Waals surface area contributed by atoms with E-state index in [0.717, 1.165) is 22.1 Å². The number of pyridine rings is 1. The highest BCUT2D eigenvalue weighted by Gasteiger charge is 2.23. The van der Waals surface area contributed by atoms with Crippen molar-refractivity contribution in [1.29, 1.82) is 0 Å². The molecule has 0 saturated carbocycles. The van der Waals surface area contributed by atoms with Crippen LogP contribution in [0.2, 0.25) is 0 Å². The van der Waals surface area contributed by atoms with Gasteiger partial charge in [-0.15, -0.1) is 0 Å². The van der Waals surface area contributed by atoms with E-state index in [0.29, 0.717) is 30.1 Å². The molecule has 0 fully saturated rings. The Morgan fingerprint density at radius 2 is 1.73 bits per heavy atom. The fraction of sp³-hybridized carbons (Fsp3) is 0.200. The van der Waals surface area contributed by atoms with Gasteiger partial charge in [-0.3, -0.25) is 9.56 Å². The quantitative estimate of drug-likeness (QED) is 0.220. The summed E-state index contributed by atoms with van der Waals surface area (Å²) in [6.07, 6.45) is 3.59. The smallest absolute Gasteiger partial charge is 0.335 e. The highest BCUT2D eigenvalue weighted by molar-refractivity contribution is 7.53. The zero-order valence-electron chi connectivity index (χ0n) is 18.6. The number of nitrogens with zero attached hydrogens (tertiary/aromatic N) is 2. The van der Waals surface area contributed by atoms with Crippen molar-refractivity contribution in [3.63, 3.8) is 0 Å². The lowest BCUT2D eigenvalue weighted by Gasteiger charge is -2.16. The lowest BCUT2D eigenvalue weighted by molar-refractivity contribution is 0.219. The molecular weight excluding hydrogens is 437 g/mol. The van der Waals surface area contributed by atoms with E-state index in [4.69, 9.17) is 9.05 Å². The van der Waals surface area contributed by atoms with Crippen molar-refractivity contribution in [2.75, 3.05) is 13.2 Å². The van der Waals surface area contributed by atoms with Crippen molar-refractivity contribution in [2.24, 2.45) is 4.99 Å². The molecule has 2 aromatic heterocycles. The maximum Gasteiger partial charge on any atom is 0.335 e. The van der Waals surface area contributed by atoms with Gasteiger partial charge in [-0.2, -0.15) is 0 Å². The van der Waals surface area contributed by atoms with Gasteiger partial charge in [-0.05, 0) is 43.2 Å². The van der Waals surface area contributed by atoms with Crippen molar-refractivity contribution < 1.29 is 18.7 Å². The summed E-state index contributed by atoms with van der Waals surface area (Å²) in [5.41, 5.74) is 4.69. The Balaban J connectivity index is 1.57. The summed E-state index contributed by atoms with van der Waals surface area (Å²) < 4.78 is 23.5. The van der Waals surface area contributed by atoms with Crippen LogP contribution in [-0.2, 0) is 19.8 Å². The molecule has 8 heteroatoms. The third-order valence-corrected chi connectivity index (χ3v) is 7.14. The lowest BCUT2D eigenvalue weighted by atomic mass is 10.1. The standard InChI is InChI=1S/C25H26N3O4P/c1-3-31-33(30,32-4-2)17-18-10-12-21(13-11-18)26-16-23-22-14-20(19-8-6-5-7-9-19)15-27-24(22)28-25(23)29/h5-16,29H,3-4,17H2,1-2H3,(H,27,28). The second-order valence-corrected chi connectivity index (χ2v) is 9.46. The molecular formula is C25H26N3O4P. The van der Waals surface area contributed by atoms with Gasteiger partial charge in [0, 0.05) is 23.4 Å². The molecule has 0 spiro atoms. The van der Waals surface area contributed by atoms with E-state index < -0.39 is 7.60 Å². The first kappa shape index (κ1) is 22.9. The molecule has 0 atom stereocenters. The van der Waals surface area contributed by atoms with E-state index in [1.54, 1.807) is 26.3 Å². The van der Waals surface area contributed by atoms with Crippen LogP contribution in [0.3, 0.4) is 0 Å². The number of H-pyrrole nitrogens is 1. The van der Waals surface area contributed by atoms with E-state index in [1.807, 2.05) is 60.7 Å². The third-order valence-electron chi connectivity index (χ3n) is 5.08. The molecule has 2 N–H and O–H groups in total. The number of fused-ring (bicyclic) bond motifs is 1. The summed E-state index contributed by atoms with van der Waals surface area (Å²) >= 11 is 0. The van der Waals surface area contributed by atoms with Crippen LogP contribution >= 0.6 is 7.60 Å². The molecule has 2 aromatic carbocycles. The molecule has 4 rings (SSSR count). The maximum absolute atomic E-state index is 12.7. The third kappa shape index (κ3) is 5.40. The number of benzene rings is 2. The highest BCUT2D eigenvalue weighted by Crippen LogP contribution is 2.51. The van der Waals surface area contributed by atoms with Crippen LogP contribution in [0.15, 0.2) is 71.9 Å². The van der Waals surface area contributed by atoms with Gasteiger partial charge in [-0.1, -0.05) is 42.5 Å². The summed E-state index contributed by atoms with van der Waals surface area (Å²) in [7, 11) is -3.16. The van der Waals surface area contributed by atoms with Crippen LogP contribution in [0.1, 0.15) is 25.0 Å². The minimum absolute atomic E-state index is 0.0115. The lowest BCUT2D eigenvalue weighted by Crippen LogP contribution is -1.98. The Morgan fingerprint density at radius 3 is 2.39 bits per heavy atom. The molecule has 7 nitrogen and oxygen atoms in total. The van der Waals surface area contributed by atoms with E-state index >= 15 is 0 Å². The first-order valence-electron chi connectivity index (χ1n) is 10.8. The van der Waals surface area contributed by atoms with Crippen LogP contribution in [0.25, 0.3) is 22.2 Å². The van der Waals surface area contributed by atoms with Gasteiger partial charge in [0.2, 0.25) is 0 Å². The Labute approximate surface area is 192 Å². The average molecular weight is 463 g/mol. The van der Waals surface area contributed by atoms with Crippen LogP contribution in [-0.4, -0.2) is 34.5 Å². The Bertz CT molecular complexity index is 1290. The summed E-state index contributed by atoms with van der Waals surface area (Å²) in [4.78, 5) is 11.8. The molecule has 33 heavy (non-hydrogen) atoms. The Kier molecular flexibility index (Phi) is 7.04. The predicted octanol–water partition coefficient (Wildman–Crippen LogP) is 6.45. The number of aromatic nitrogens is 2. The topological polar surface area (TPSA) is 96.8 Å². The van der Waals surface area contributed by atoms with Gasteiger partial charge < -0.3 is 19.1 Å². The first-order valence-corrected chi connectivity index (χ1v) is 12.5. The normalized spacial score (nSPS) is 12.1. The Morgan fingerprint density at radius 1 is 1.03 bits per heavy atom. The van der Waals surface area contributed by atoms with Gasteiger partial charge in [0.1, 0.15) is 5.65 Å². The molecule has 0 saturated heterocycles. The summed E-state index contributed by atoms with van der Waals surface area (Å²) in [5, 5.41) is 11.2. The fourth-order valence-corrected chi connectivity index (χ4v) is 5.27. The van der Waals surface area contributed by atoms with Gasteiger partial charge >= 0.3 is 7.60 Å². The van der Waals surface area contributed by atoms with Gasteiger partial charge in [0.15, 0.2) is 5.88 Å². The number of hydrogen-bond donors (Lipinski definition) is 2. The molecule has 4 aromatic rings.